The highest BCUT2D eigenvalue weighted by molar-refractivity contribution is 6.30. The van der Waals surface area contributed by atoms with Crippen LogP contribution in [0.4, 0.5) is 0 Å². The van der Waals surface area contributed by atoms with Crippen LogP contribution < -0.4 is 9.47 Å². The van der Waals surface area contributed by atoms with Gasteiger partial charge in [-0.2, -0.15) is 4.80 Å². The van der Waals surface area contributed by atoms with Crippen LogP contribution in [0.25, 0.3) is 11.4 Å². The summed E-state index contributed by atoms with van der Waals surface area (Å²) in [6, 6.07) is 10.4. The van der Waals surface area contributed by atoms with Gasteiger partial charge < -0.3 is 14.4 Å². The number of aromatic nitrogens is 4. The zero-order valence-corrected chi connectivity index (χ0v) is 19.1. The Kier molecular flexibility index (Phi) is 7.12. The molecule has 2 aromatic carbocycles. The van der Waals surface area contributed by atoms with E-state index in [2.05, 4.69) is 15.4 Å². The van der Waals surface area contributed by atoms with Gasteiger partial charge >= 0.3 is 0 Å². The maximum atomic E-state index is 13.2. The highest BCUT2D eigenvalue weighted by Gasteiger charge is 2.26. The molecule has 0 N–H and O–H groups in total. The van der Waals surface area contributed by atoms with Crippen molar-refractivity contribution in [1.82, 2.24) is 25.1 Å². The van der Waals surface area contributed by atoms with Crippen LogP contribution in [0.2, 0.25) is 5.02 Å². The molecule has 1 amide bonds. The first-order valence-corrected chi connectivity index (χ1v) is 10.3. The molecule has 164 valence electrons. The number of nitrogens with zero attached hydrogens (tertiary/aromatic N) is 5. The first-order valence-electron chi connectivity index (χ1n) is 9.89. The number of methoxy groups -OCH3 is 2. The van der Waals surface area contributed by atoms with Crippen LogP contribution in [-0.4, -0.2) is 52.3 Å². The lowest BCUT2D eigenvalue weighted by Gasteiger charge is -2.23. The van der Waals surface area contributed by atoms with Crippen LogP contribution in [-0.2, 0) is 11.3 Å². The van der Waals surface area contributed by atoms with Gasteiger partial charge in [-0.15, -0.1) is 10.2 Å². The molecule has 31 heavy (non-hydrogen) atoms. The van der Waals surface area contributed by atoms with Crippen LogP contribution >= 0.6 is 11.6 Å². The SMILES string of the molecule is CCC(C(=O)N(C)Cc1cc(OC)c(OC)cc1C)n1nnc(-c2ccc(Cl)cc2)n1. The lowest BCUT2D eigenvalue weighted by Crippen LogP contribution is -2.35. The van der Waals surface area contributed by atoms with Crippen molar-refractivity contribution in [3.8, 4) is 22.9 Å². The monoisotopic (exact) mass is 443 g/mol. The standard InChI is InChI=1S/C22H26ClN5O3/c1-6-18(28-25-21(24-26-28)15-7-9-17(23)10-8-15)22(29)27(3)13-16-12-20(31-5)19(30-4)11-14(16)2/h7-12,18H,6,13H2,1-5H3. The van der Waals surface area contributed by atoms with Crippen molar-refractivity contribution >= 4 is 17.5 Å². The van der Waals surface area contributed by atoms with E-state index in [0.717, 1.165) is 16.7 Å². The number of ether oxygens (including phenoxy) is 2. The number of amides is 1. The number of tetrazole rings is 1. The van der Waals surface area contributed by atoms with Crippen molar-refractivity contribution in [2.45, 2.75) is 32.9 Å². The molecular weight excluding hydrogens is 418 g/mol. The van der Waals surface area contributed by atoms with Gasteiger partial charge in [-0.1, -0.05) is 18.5 Å². The number of carbonyl (C=O) groups excluding carboxylic acids is 1. The summed E-state index contributed by atoms with van der Waals surface area (Å²) in [7, 11) is 4.95. The minimum Gasteiger partial charge on any atom is -0.493 e. The lowest BCUT2D eigenvalue weighted by atomic mass is 10.1. The zero-order chi connectivity index (χ0) is 22.5. The Balaban J connectivity index is 1.78. The smallest absolute Gasteiger partial charge is 0.249 e. The van der Waals surface area contributed by atoms with Crippen molar-refractivity contribution in [2.75, 3.05) is 21.3 Å². The topological polar surface area (TPSA) is 82.4 Å². The van der Waals surface area contributed by atoms with E-state index in [4.69, 9.17) is 21.1 Å². The molecule has 0 aliphatic heterocycles. The molecule has 1 heterocycles. The zero-order valence-electron chi connectivity index (χ0n) is 18.3. The van der Waals surface area contributed by atoms with E-state index in [0.29, 0.717) is 35.3 Å². The number of halogens is 1. The number of likely N-dealkylation sites (N-methyl/N-ethyl adjacent to an activating group) is 1. The third-order valence-corrected chi connectivity index (χ3v) is 5.36. The third-order valence-electron chi connectivity index (χ3n) is 5.11. The maximum absolute atomic E-state index is 13.2. The van der Waals surface area contributed by atoms with E-state index in [1.54, 1.807) is 38.3 Å². The highest BCUT2D eigenvalue weighted by Crippen LogP contribution is 2.31. The second kappa shape index (κ2) is 9.78. The van der Waals surface area contributed by atoms with Crippen molar-refractivity contribution in [3.63, 3.8) is 0 Å². The van der Waals surface area contributed by atoms with Gasteiger partial charge in [0.25, 0.3) is 0 Å². The van der Waals surface area contributed by atoms with E-state index in [9.17, 15) is 4.79 Å². The summed E-state index contributed by atoms with van der Waals surface area (Å²) in [5.41, 5.74) is 2.76. The van der Waals surface area contributed by atoms with Gasteiger partial charge in [0.1, 0.15) is 0 Å². The number of carbonyl (C=O) groups is 1. The fraction of sp³-hybridized carbons (Fsp3) is 0.364. The molecule has 9 heteroatoms. The first kappa shape index (κ1) is 22.6. The molecule has 3 aromatic rings. The van der Waals surface area contributed by atoms with Gasteiger partial charge in [-0.05, 0) is 66.1 Å². The molecule has 0 saturated carbocycles. The van der Waals surface area contributed by atoms with E-state index >= 15 is 0 Å². The predicted molar refractivity (Wildman–Crippen MR) is 118 cm³/mol. The summed E-state index contributed by atoms with van der Waals surface area (Å²) in [6.07, 6.45) is 0.532. The van der Waals surface area contributed by atoms with Crippen LogP contribution in [0, 0.1) is 6.92 Å². The molecule has 0 aliphatic carbocycles. The van der Waals surface area contributed by atoms with E-state index in [-0.39, 0.29) is 5.91 Å². The van der Waals surface area contributed by atoms with Gasteiger partial charge in [-0.25, -0.2) is 0 Å². The minimum absolute atomic E-state index is 0.100. The molecule has 3 rings (SSSR count). The Morgan fingerprint density at radius 2 is 1.81 bits per heavy atom. The quantitative estimate of drug-likeness (QED) is 0.524. The molecular formula is C22H26ClN5O3. The summed E-state index contributed by atoms with van der Waals surface area (Å²) in [5.74, 6) is 1.63. The number of benzene rings is 2. The van der Waals surface area contributed by atoms with E-state index in [1.807, 2.05) is 38.1 Å². The van der Waals surface area contributed by atoms with Crippen LogP contribution in [0.15, 0.2) is 36.4 Å². The summed E-state index contributed by atoms with van der Waals surface area (Å²) in [5, 5.41) is 13.3. The Labute approximate surface area is 186 Å². The summed E-state index contributed by atoms with van der Waals surface area (Å²) in [6.45, 7) is 4.31. The fourth-order valence-corrected chi connectivity index (χ4v) is 3.42. The Morgan fingerprint density at radius 1 is 1.16 bits per heavy atom. The van der Waals surface area contributed by atoms with Gasteiger partial charge in [-0.3, -0.25) is 4.79 Å². The molecule has 0 radical (unpaired) electrons. The molecule has 1 unspecified atom stereocenters. The van der Waals surface area contributed by atoms with Crippen LogP contribution in [0.5, 0.6) is 11.5 Å². The highest BCUT2D eigenvalue weighted by atomic mass is 35.5. The summed E-state index contributed by atoms with van der Waals surface area (Å²) < 4.78 is 10.7. The minimum atomic E-state index is -0.556. The molecule has 0 fully saturated rings. The Bertz CT molecular complexity index is 1050. The van der Waals surface area contributed by atoms with Crippen molar-refractivity contribution in [2.24, 2.45) is 0 Å². The van der Waals surface area contributed by atoms with Crippen LogP contribution in [0.3, 0.4) is 0 Å². The molecule has 0 bridgehead atoms. The molecule has 0 aliphatic rings. The van der Waals surface area contributed by atoms with Crippen molar-refractivity contribution in [1.29, 1.82) is 0 Å². The third kappa shape index (κ3) is 4.96. The van der Waals surface area contributed by atoms with Crippen LogP contribution in [0.1, 0.15) is 30.5 Å². The second-order valence-corrected chi connectivity index (χ2v) is 7.63. The normalized spacial score (nSPS) is 11.8. The van der Waals surface area contributed by atoms with E-state index in [1.165, 1.54) is 4.80 Å². The predicted octanol–water partition coefficient (Wildman–Crippen LogP) is 3.93. The van der Waals surface area contributed by atoms with Gasteiger partial charge in [0.2, 0.25) is 11.7 Å². The molecule has 1 atom stereocenters. The molecule has 0 spiro atoms. The maximum Gasteiger partial charge on any atom is 0.249 e. The average Bonchev–Trinajstić information content (AvgIpc) is 3.25. The molecule has 0 saturated heterocycles. The largest absolute Gasteiger partial charge is 0.493 e. The van der Waals surface area contributed by atoms with E-state index < -0.39 is 6.04 Å². The number of aryl methyl sites for hydroxylation is 1. The number of hydrogen-bond donors (Lipinski definition) is 0. The summed E-state index contributed by atoms with van der Waals surface area (Å²) in [4.78, 5) is 16.2. The first-order chi connectivity index (χ1) is 14.9. The number of hydrogen-bond acceptors (Lipinski definition) is 6. The molecule has 8 nitrogen and oxygen atoms in total. The lowest BCUT2D eigenvalue weighted by molar-refractivity contribution is -0.134. The summed E-state index contributed by atoms with van der Waals surface area (Å²) >= 11 is 5.94. The van der Waals surface area contributed by atoms with Crippen molar-refractivity contribution < 1.29 is 14.3 Å². The second-order valence-electron chi connectivity index (χ2n) is 7.19. The fourth-order valence-electron chi connectivity index (χ4n) is 3.29. The van der Waals surface area contributed by atoms with Gasteiger partial charge in [0.15, 0.2) is 17.5 Å². The van der Waals surface area contributed by atoms with Crippen molar-refractivity contribution in [3.05, 3.63) is 52.5 Å². The van der Waals surface area contributed by atoms with Gasteiger partial charge in [0, 0.05) is 24.2 Å². The van der Waals surface area contributed by atoms with Gasteiger partial charge in [0.05, 0.1) is 14.2 Å². The average molecular weight is 444 g/mol. The Hall–Kier alpha value is -3.13. The molecule has 1 aromatic heterocycles. The Morgan fingerprint density at radius 3 is 2.42 bits per heavy atom. The number of rotatable bonds is 8.